The summed E-state index contributed by atoms with van der Waals surface area (Å²) in [5.74, 6) is 0. The summed E-state index contributed by atoms with van der Waals surface area (Å²) in [6, 6.07) is 1.56. The third-order valence-corrected chi connectivity index (χ3v) is 5.00. The minimum atomic E-state index is 0.707. The van der Waals surface area contributed by atoms with Crippen LogP contribution in [0.2, 0.25) is 0 Å². The first kappa shape index (κ1) is 11.0. The zero-order valence-corrected chi connectivity index (χ0v) is 10.9. The summed E-state index contributed by atoms with van der Waals surface area (Å²) in [4.78, 5) is 7.30. The van der Waals surface area contributed by atoms with Gasteiger partial charge in [-0.2, -0.15) is 0 Å². The number of aromatic nitrogens is 2. The zero-order chi connectivity index (χ0) is 11.9. The van der Waals surface area contributed by atoms with Gasteiger partial charge in [0, 0.05) is 43.8 Å². The average molecular weight is 246 g/mol. The fraction of sp³-hybridized carbons (Fsp3) is 0.786. The molecule has 0 aromatic carbocycles. The van der Waals surface area contributed by atoms with Crippen molar-refractivity contribution in [1.82, 2.24) is 19.8 Å². The van der Waals surface area contributed by atoms with Gasteiger partial charge in [0.25, 0.3) is 0 Å². The minimum absolute atomic E-state index is 0.707. The van der Waals surface area contributed by atoms with Gasteiger partial charge in [0.1, 0.15) is 0 Å². The summed E-state index contributed by atoms with van der Waals surface area (Å²) in [6.45, 7) is 4.70. The number of nitrogens with zero attached hydrogens (tertiary/aromatic N) is 3. The summed E-state index contributed by atoms with van der Waals surface area (Å²) in [5.41, 5.74) is 2.79. The van der Waals surface area contributed by atoms with Gasteiger partial charge in [-0.15, -0.1) is 0 Å². The topological polar surface area (TPSA) is 33.1 Å². The van der Waals surface area contributed by atoms with E-state index in [-0.39, 0.29) is 0 Å². The van der Waals surface area contributed by atoms with E-state index in [0.717, 1.165) is 25.6 Å². The molecule has 4 nitrogen and oxygen atoms in total. The Morgan fingerprint density at radius 3 is 3.22 bits per heavy atom. The van der Waals surface area contributed by atoms with Gasteiger partial charge in [0.15, 0.2) is 0 Å². The smallest absolute Gasteiger partial charge is 0.0954 e. The van der Waals surface area contributed by atoms with Gasteiger partial charge in [0.2, 0.25) is 0 Å². The van der Waals surface area contributed by atoms with Crippen LogP contribution >= 0.6 is 0 Å². The number of hydrogen-bond acceptors (Lipinski definition) is 3. The Balaban J connectivity index is 1.58. The Kier molecular flexibility index (Phi) is 2.66. The van der Waals surface area contributed by atoms with Gasteiger partial charge < -0.3 is 14.8 Å². The quantitative estimate of drug-likeness (QED) is 0.811. The maximum Gasteiger partial charge on any atom is 0.0954 e. The molecule has 0 radical (unpaired) electrons. The number of rotatable bonds is 1. The molecule has 3 aliphatic rings. The second-order valence-corrected chi connectivity index (χ2v) is 5.98. The van der Waals surface area contributed by atoms with Gasteiger partial charge in [-0.05, 0) is 32.2 Å². The fourth-order valence-electron chi connectivity index (χ4n) is 4.03. The van der Waals surface area contributed by atoms with Crippen molar-refractivity contribution in [2.75, 3.05) is 19.6 Å². The Bertz CT molecular complexity index is 439. The molecule has 18 heavy (non-hydrogen) atoms. The Morgan fingerprint density at radius 2 is 2.22 bits per heavy atom. The largest absolute Gasteiger partial charge is 0.331 e. The first-order valence-electron chi connectivity index (χ1n) is 7.41. The highest BCUT2D eigenvalue weighted by Gasteiger charge is 2.33. The maximum atomic E-state index is 4.60. The molecule has 2 fully saturated rings. The second-order valence-electron chi connectivity index (χ2n) is 5.98. The monoisotopic (exact) mass is 246 g/mol. The zero-order valence-electron chi connectivity index (χ0n) is 10.9. The second kappa shape index (κ2) is 4.35. The van der Waals surface area contributed by atoms with Crippen LogP contribution in [0.25, 0.3) is 0 Å². The van der Waals surface area contributed by atoms with Gasteiger partial charge in [-0.25, -0.2) is 4.98 Å². The summed E-state index contributed by atoms with van der Waals surface area (Å²) in [5, 5.41) is 3.41. The van der Waals surface area contributed by atoms with E-state index in [2.05, 4.69) is 26.1 Å². The number of fused-ring (bicyclic) bond motifs is 2. The number of hydrogen-bond donors (Lipinski definition) is 1. The number of nitrogens with one attached hydrogen (secondary N) is 1. The SMILES string of the molecule is c1nc2c(n1C1CCN3CCCC3C1)CCNC2. The molecule has 0 spiro atoms. The lowest BCUT2D eigenvalue weighted by Crippen LogP contribution is -2.39. The highest BCUT2D eigenvalue weighted by molar-refractivity contribution is 5.17. The predicted molar refractivity (Wildman–Crippen MR) is 70.5 cm³/mol. The molecule has 98 valence electrons. The first-order chi connectivity index (χ1) is 8.92. The van der Waals surface area contributed by atoms with Crippen LogP contribution in [0.4, 0.5) is 0 Å². The van der Waals surface area contributed by atoms with Crippen molar-refractivity contribution < 1.29 is 0 Å². The Hall–Kier alpha value is -0.870. The van der Waals surface area contributed by atoms with Crippen LogP contribution < -0.4 is 5.32 Å². The molecule has 2 unspecified atom stereocenters. The minimum Gasteiger partial charge on any atom is -0.331 e. The van der Waals surface area contributed by atoms with E-state index in [4.69, 9.17) is 0 Å². The highest BCUT2D eigenvalue weighted by atomic mass is 15.2. The van der Waals surface area contributed by atoms with Gasteiger partial charge >= 0.3 is 0 Å². The number of piperidine rings is 1. The van der Waals surface area contributed by atoms with Crippen LogP contribution in [-0.4, -0.2) is 40.1 Å². The normalized spacial score (nSPS) is 32.2. The van der Waals surface area contributed by atoms with Crippen LogP contribution in [0.15, 0.2) is 6.33 Å². The van der Waals surface area contributed by atoms with Gasteiger partial charge in [0.05, 0.1) is 12.0 Å². The lowest BCUT2D eigenvalue weighted by molar-refractivity contribution is 0.154. The van der Waals surface area contributed by atoms with Crippen molar-refractivity contribution in [3.8, 4) is 0 Å². The maximum absolute atomic E-state index is 4.60. The molecule has 0 saturated carbocycles. The van der Waals surface area contributed by atoms with Crippen LogP contribution in [0.3, 0.4) is 0 Å². The van der Waals surface area contributed by atoms with Crippen LogP contribution in [0, 0.1) is 0 Å². The Morgan fingerprint density at radius 1 is 1.22 bits per heavy atom. The molecule has 2 atom stereocenters. The molecule has 4 heteroatoms. The van der Waals surface area contributed by atoms with Gasteiger partial charge in [-0.3, -0.25) is 0 Å². The molecule has 1 aromatic heterocycles. The number of imidazole rings is 1. The molecule has 3 aliphatic heterocycles. The van der Waals surface area contributed by atoms with Crippen molar-refractivity contribution in [1.29, 1.82) is 0 Å². The molecule has 0 aliphatic carbocycles. The lowest BCUT2D eigenvalue weighted by atomic mass is 9.97. The molecule has 0 bridgehead atoms. The summed E-state index contributed by atoms with van der Waals surface area (Å²) >= 11 is 0. The fourth-order valence-corrected chi connectivity index (χ4v) is 4.03. The summed E-state index contributed by atoms with van der Waals surface area (Å²) < 4.78 is 2.51. The van der Waals surface area contributed by atoms with Crippen molar-refractivity contribution in [2.24, 2.45) is 0 Å². The Labute approximate surface area is 108 Å². The predicted octanol–water partition coefficient (Wildman–Crippen LogP) is 1.33. The molecule has 2 saturated heterocycles. The van der Waals surface area contributed by atoms with E-state index in [9.17, 15) is 0 Å². The molecule has 0 amide bonds. The molecule has 4 heterocycles. The molecule has 1 N–H and O–H groups in total. The standard InChI is InChI=1S/C14H22N4/c1-2-11-8-12(4-7-17(11)6-1)18-10-16-13-9-15-5-3-14(13)18/h10-12,15H,1-9H2. The van der Waals surface area contributed by atoms with Crippen LogP contribution in [0.5, 0.6) is 0 Å². The van der Waals surface area contributed by atoms with E-state index < -0.39 is 0 Å². The van der Waals surface area contributed by atoms with Crippen molar-refractivity contribution >= 4 is 0 Å². The third kappa shape index (κ3) is 1.70. The summed E-state index contributed by atoms with van der Waals surface area (Å²) in [6.07, 6.45) is 8.73. The van der Waals surface area contributed by atoms with Gasteiger partial charge in [-0.1, -0.05) is 0 Å². The van der Waals surface area contributed by atoms with E-state index in [0.29, 0.717) is 6.04 Å². The molecular formula is C14H22N4. The molecule has 4 rings (SSSR count). The molecule has 1 aromatic rings. The first-order valence-corrected chi connectivity index (χ1v) is 7.41. The lowest BCUT2D eigenvalue weighted by Gasteiger charge is -2.36. The van der Waals surface area contributed by atoms with E-state index in [1.165, 1.54) is 50.2 Å². The molecular weight excluding hydrogens is 224 g/mol. The van der Waals surface area contributed by atoms with E-state index in [1.54, 1.807) is 0 Å². The van der Waals surface area contributed by atoms with Crippen molar-refractivity contribution in [3.63, 3.8) is 0 Å². The van der Waals surface area contributed by atoms with Crippen molar-refractivity contribution in [2.45, 2.75) is 50.7 Å². The van der Waals surface area contributed by atoms with E-state index in [1.807, 2.05) is 0 Å². The average Bonchev–Trinajstić information content (AvgIpc) is 3.04. The third-order valence-electron chi connectivity index (χ3n) is 5.00. The van der Waals surface area contributed by atoms with Crippen molar-refractivity contribution in [3.05, 3.63) is 17.7 Å². The van der Waals surface area contributed by atoms with Crippen LogP contribution in [0.1, 0.15) is 43.1 Å². The van der Waals surface area contributed by atoms with Crippen LogP contribution in [-0.2, 0) is 13.0 Å². The highest BCUT2D eigenvalue weighted by Crippen LogP contribution is 2.34. The summed E-state index contributed by atoms with van der Waals surface area (Å²) in [7, 11) is 0. The van der Waals surface area contributed by atoms with E-state index >= 15 is 0 Å².